The van der Waals surface area contributed by atoms with Gasteiger partial charge in [0.2, 0.25) is 0 Å². The van der Waals surface area contributed by atoms with E-state index in [9.17, 15) is 0 Å². The van der Waals surface area contributed by atoms with Crippen molar-refractivity contribution in [3.05, 3.63) is 0 Å². The molecule has 0 rings (SSSR count). The zero-order valence-electron chi connectivity index (χ0n) is 7.54. The van der Waals surface area contributed by atoms with Gasteiger partial charge in [0.15, 0.2) is 0 Å². The molecular weight excluding hydrogens is 160 g/mol. The number of aliphatic hydroxyl groups excluding tert-OH is 1. The molecule has 0 amide bonds. The Morgan fingerprint density at radius 3 is 2.55 bits per heavy atom. The van der Waals surface area contributed by atoms with E-state index in [-0.39, 0.29) is 18.8 Å². The van der Waals surface area contributed by atoms with Crippen LogP contribution in [0.1, 0.15) is 20.3 Å². The molecule has 4 heteroatoms. The van der Waals surface area contributed by atoms with Gasteiger partial charge in [0.1, 0.15) is 10.5 Å². The summed E-state index contributed by atoms with van der Waals surface area (Å²) in [6.45, 7) is 4.69. The largest absolute Gasteiger partial charge is 0.425 e. The lowest BCUT2D eigenvalue weighted by Crippen LogP contribution is -2.25. The number of hydrogen-bond acceptors (Lipinski definition) is 3. The van der Waals surface area contributed by atoms with Crippen LogP contribution in [0, 0.1) is 0 Å². The third-order valence-electron chi connectivity index (χ3n) is 1.49. The summed E-state index contributed by atoms with van der Waals surface area (Å²) in [6.07, 6.45) is 0.925. The fourth-order valence-electron chi connectivity index (χ4n) is 0.871. The Labute approximate surface area is 71.2 Å². The Kier molecular flexibility index (Phi) is 6.85. The van der Waals surface area contributed by atoms with Crippen molar-refractivity contribution in [2.24, 2.45) is 0 Å². The van der Waals surface area contributed by atoms with Crippen LogP contribution in [0.25, 0.3) is 0 Å². The highest BCUT2D eigenvalue weighted by molar-refractivity contribution is 5.97. The summed E-state index contributed by atoms with van der Waals surface area (Å²) in [5, 5.41) is 8.79. The van der Waals surface area contributed by atoms with E-state index in [2.05, 4.69) is 0 Å². The molecule has 0 unspecified atom stereocenters. The van der Waals surface area contributed by atoms with Gasteiger partial charge in [-0.05, 0) is 13.3 Å². The number of hydrogen-bond donors (Lipinski definition) is 1. The Morgan fingerprint density at radius 2 is 2.18 bits per heavy atom. The smallest absolute Gasteiger partial charge is 0.146 e. The molecule has 11 heavy (non-hydrogen) atoms. The fourth-order valence-corrected chi connectivity index (χ4v) is 1.34. The second-order valence-corrected chi connectivity index (χ2v) is 3.19. The summed E-state index contributed by atoms with van der Waals surface area (Å²) in [5.41, 5.74) is 0. The maximum atomic E-state index is 8.79. The normalized spacial score (nSPS) is 16.6. The van der Waals surface area contributed by atoms with Crippen LogP contribution in [0.3, 0.4) is 0 Å². The van der Waals surface area contributed by atoms with Crippen molar-refractivity contribution in [3.8, 4) is 0 Å². The van der Waals surface area contributed by atoms with Crippen LogP contribution in [-0.4, -0.2) is 41.0 Å². The van der Waals surface area contributed by atoms with Gasteiger partial charge < -0.3 is 14.3 Å². The SMILES string of the molecule is CC[C@H](CO)O[C@@H](C)CO[SiH3]. The average Bonchev–Trinajstić information content (AvgIpc) is 2.01. The molecule has 0 radical (unpaired) electrons. The van der Waals surface area contributed by atoms with Crippen LogP contribution >= 0.6 is 0 Å². The summed E-state index contributed by atoms with van der Waals surface area (Å²) in [5.74, 6) is 0. The van der Waals surface area contributed by atoms with Crippen LogP contribution in [0.2, 0.25) is 0 Å². The van der Waals surface area contributed by atoms with Crippen LogP contribution in [0.4, 0.5) is 0 Å². The molecule has 0 heterocycles. The Morgan fingerprint density at radius 1 is 1.55 bits per heavy atom. The van der Waals surface area contributed by atoms with Crippen molar-refractivity contribution in [2.45, 2.75) is 32.5 Å². The molecule has 3 nitrogen and oxygen atoms in total. The first-order valence-electron chi connectivity index (χ1n) is 3.99. The van der Waals surface area contributed by atoms with E-state index in [1.165, 1.54) is 0 Å². The molecule has 0 aliphatic carbocycles. The van der Waals surface area contributed by atoms with Gasteiger partial charge in [-0.3, -0.25) is 0 Å². The zero-order chi connectivity index (χ0) is 8.69. The van der Waals surface area contributed by atoms with Gasteiger partial charge in [-0.1, -0.05) is 6.92 Å². The first-order valence-corrected chi connectivity index (χ1v) is 4.81. The lowest BCUT2D eigenvalue weighted by molar-refractivity contribution is -0.0477. The monoisotopic (exact) mass is 178 g/mol. The topological polar surface area (TPSA) is 38.7 Å². The third kappa shape index (κ3) is 5.38. The summed E-state index contributed by atoms with van der Waals surface area (Å²) in [6, 6.07) is 0. The molecule has 0 aliphatic heterocycles. The number of ether oxygens (including phenoxy) is 1. The molecule has 0 aromatic rings. The standard InChI is InChI=1S/C7H18O3Si/c1-3-7(4-8)10-6(2)5-9-11/h6-8H,3-5H2,1-2,11H3/t6-,7+/m0/s1. The zero-order valence-corrected chi connectivity index (χ0v) is 9.54. The lowest BCUT2D eigenvalue weighted by Gasteiger charge is -2.18. The molecule has 0 aromatic heterocycles. The van der Waals surface area contributed by atoms with Gasteiger partial charge in [-0.15, -0.1) is 0 Å². The maximum absolute atomic E-state index is 8.79. The van der Waals surface area contributed by atoms with Gasteiger partial charge in [-0.2, -0.15) is 0 Å². The van der Waals surface area contributed by atoms with Gasteiger partial charge in [0, 0.05) is 0 Å². The molecule has 2 atom stereocenters. The Bertz CT molecular complexity index is 85.8. The van der Waals surface area contributed by atoms with Gasteiger partial charge in [0.05, 0.1) is 25.4 Å². The summed E-state index contributed by atoms with van der Waals surface area (Å²) >= 11 is 0. The van der Waals surface area contributed by atoms with Crippen molar-refractivity contribution < 1.29 is 14.3 Å². The molecule has 1 N–H and O–H groups in total. The minimum atomic E-state index is -0.0261. The van der Waals surface area contributed by atoms with E-state index < -0.39 is 0 Å². The number of rotatable bonds is 6. The summed E-state index contributed by atoms with van der Waals surface area (Å²) in [4.78, 5) is 0. The van der Waals surface area contributed by atoms with E-state index in [1.807, 2.05) is 13.8 Å². The van der Waals surface area contributed by atoms with Crippen LogP contribution < -0.4 is 0 Å². The molecule has 0 saturated carbocycles. The van der Waals surface area contributed by atoms with Gasteiger partial charge >= 0.3 is 0 Å². The third-order valence-corrected chi connectivity index (χ3v) is 1.82. The molecule has 0 spiro atoms. The molecule has 68 valence electrons. The van der Waals surface area contributed by atoms with Crippen molar-refractivity contribution in [1.82, 2.24) is 0 Å². The first-order chi connectivity index (χ1) is 5.24. The van der Waals surface area contributed by atoms with Crippen molar-refractivity contribution >= 4 is 10.5 Å². The minimum absolute atomic E-state index is 0.0261. The van der Waals surface area contributed by atoms with E-state index in [1.54, 1.807) is 0 Å². The van der Waals surface area contributed by atoms with E-state index in [0.717, 1.165) is 16.9 Å². The predicted molar refractivity (Wildman–Crippen MR) is 47.6 cm³/mol. The van der Waals surface area contributed by atoms with E-state index >= 15 is 0 Å². The Balaban J connectivity index is 3.44. The van der Waals surface area contributed by atoms with Crippen LogP contribution in [-0.2, 0) is 9.16 Å². The van der Waals surface area contributed by atoms with E-state index in [0.29, 0.717) is 6.61 Å². The van der Waals surface area contributed by atoms with Crippen molar-refractivity contribution in [2.75, 3.05) is 13.2 Å². The van der Waals surface area contributed by atoms with E-state index in [4.69, 9.17) is 14.3 Å². The molecule has 0 aliphatic rings. The quantitative estimate of drug-likeness (QED) is 0.555. The lowest BCUT2D eigenvalue weighted by atomic mass is 10.3. The molecule has 0 fully saturated rings. The summed E-state index contributed by atoms with van der Waals surface area (Å²) < 4.78 is 10.5. The van der Waals surface area contributed by atoms with Crippen molar-refractivity contribution in [3.63, 3.8) is 0 Å². The summed E-state index contributed by atoms with van der Waals surface area (Å²) in [7, 11) is 0.748. The highest BCUT2D eigenvalue weighted by Crippen LogP contribution is 2.01. The van der Waals surface area contributed by atoms with Crippen molar-refractivity contribution in [1.29, 1.82) is 0 Å². The van der Waals surface area contributed by atoms with Crippen LogP contribution in [0.15, 0.2) is 0 Å². The van der Waals surface area contributed by atoms with Crippen LogP contribution in [0.5, 0.6) is 0 Å². The highest BCUT2D eigenvalue weighted by Gasteiger charge is 2.09. The second kappa shape index (κ2) is 6.79. The van der Waals surface area contributed by atoms with Gasteiger partial charge in [-0.25, -0.2) is 0 Å². The number of aliphatic hydroxyl groups is 1. The molecule has 0 aromatic carbocycles. The molecule has 0 saturated heterocycles. The Hall–Kier alpha value is 0.0969. The first kappa shape index (κ1) is 11.1. The highest BCUT2D eigenvalue weighted by atomic mass is 28.2. The second-order valence-electron chi connectivity index (χ2n) is 2.61. The molecular formula is C7H18O3Si. The predicted octanol–water partition coefficient (Wildman–Crippen LogP) is -0.541. The fraction of sp³-hybridized carbons (Fsp3) is 1.00. The average molecular weight is 178 g/mol. The minimum Gasteiger partial charge on any atom is -0.425 e. The maximum Gasteiger partial charge on any atom is 0.146 e. The molecule has 0 bridgehead atoms. The van der Waals surface area contributed by atoms with Gasteiger partial charge in [0.25, 0.3) is 0 Å².